The maximum Gasteiger partial charge on any atom is 0.221 e. The number of aryl methyl sites for hydroxylation is 1. The molecule has 1 amide bonds. The number of aromatic nitrogens is 1. The fourth-order valence-electron chi connectivity index (χ4n) is 2.60. The Morgan fingerprint density at radius 2 is 1.88 bits per heavy atom. The first-order valence-corrected chi connectivity index (χ1v) is 11.5. The molecule has 0 spiro atoms. The number of unbranched alkanes of at least 4 members (excludes halogenated alkanes) is 1. The van der Waals surface area contributed by atoms with Crippen LogP contribution in [0.5, 0.6) is 0 Å². The summed E-state index contributed by atoms with van der Waals surface area (Å²) < 4.78 is 0. The molecule has 1 heterocycles. The molecule has 5 heteroatoms. The Labute approximate surface area is 155 Å². The zero-order chi connectivity index (χ0) is 17.8. The van der Waals surface area contributed by atoms with Crippen LogP contribution in [0, 0.1) is 0 Å². The first-order valence-electron chi connectivity index (χ1n) is 9.14. The average Bonchev–Trinajstić information content (AvgIpc) is 2.62. The largest absolute Gasteiger partial charge is 0.351 e. The lowest BCUT2D eigenvalue weighted by molar-refractivity contribution is -0.122. The van der Waals surface area contributed by atoms with Crippen LogP contribution < -0.4 is 5.32 Å². The minimum Gasteiger partial charge on any atom is -0.351 e. The van der Waals surface area contributed by atoms with E-state index in [1.807, 2.05) is 6.20 Å². The van der Waals surface area contributed by atoms with Crippen molar-refractivity contribution in [3.8, 4) is 0 Å². The van der Waals surface area contributed by atoms with E-state index in [-0.39, 0.29) is 11.4 Å². The Bertz CT molecular complexity index is 464. The van der Waals surface area contributed by atoms with Gasteiger partial charge in [0.15, 0.2) is 0 Å². The van der Waals surface area contributed by atoms with Gasteiger partial charge >= 0.3 is 0 Å². The third-order valence-electron chi connectivity index (χ3n) is 4.61. The molecule has 0 aliphatic rings. The van der Waals surface area contributed by atoms with Gasteiger partial charge in [-0.3, -0.25) is 4.79 Å². The predicted molar refractivity (Wildman–Crippen MR) is 108 cm³/mol. The molecule has 0 atom stereocenters. The van der Waals surface area contributed by atoms with E-state index >= 15 is 0 Å². The molecule has 0 saturated heterocycles. The van der Waals surface area contributed by atoms with Crippen LogP contribution in [0.3, 0.4) is 0 Å². The smallest absolute Gasteiger partial charge is 0.221 e. The van der Waals surface area contributed by atoms with Gasteiger partial charge in [-0.05, 0) is 54.5 Å². The van der Waals surface area contributed by atoms with Crippen LogP contribution >= 0.6 is 21.6 Å². The van der Waals surface area contributed by atoms with E-state index in [9.17, 15) is 4.79 Å². The molecule has 0 aliphatic heterocycles. The number of nitrogens with zero attached hydrogens (tertiary/aromatic N) is 1. The van der Waals surface area contributed by atoms with Gasteiger partial charge in [0.05, 0.1) is 0 Å². The molecular formula is C19H32N2OS2. The highest BCUT2D eigenvalue weighted by atomic mass is 33.1. The quantitative estimate of drug-likeness (QED) is 0.383. The van der Waals surface area contributed by atoms with E-state index in [1.165, 1.54) is 18.4 Å². The predicted octanol–water partition coefficient (Wildman–Crippen LogP) is 5.64. The number of carbonyl (C=O) groups is 1. The summed E-state index contributed by atoms with van der Waals surface area (Å²) in [6.45, 7) is 8.64. The van der Waals surface area contributed by atoms with Crippen LogP contribution in [0.4, 0.5) is 0 Å². The number of hydrogen-bond acceptors (Lipinski definition) is 4. The molecule has 0 aliphatic carbocycles. The van der Waals surface area contributed by atoms with Gasteiger partial charge in [0, 0.05) is 23.9 Å². The number of carbonyl (C=O) groups excluding carboxylic acids is 1. The molecule has 0 unspecified atom stereocenters. The summed E-state index contributed by atoms with van der Waals surface area (Å²) in [7, 11) is 3.36. The van der Waals surface area contributed by atoms with Gasteiger partial charge in [0.25, 0.3) is 0 Å². The summed E-state index contributed by atoms with van der Waals surface area (Å²) in [5.74, 6) is 0.972. The second-order valence-corrected chi connectivity index (χ2v) is 8.59. The van der Waals surface area contributed by atoms with Crippen LogP contribution in [0.25, 0.3) is 0 Å². The van der Waals surface area contributed by atoms with Crippen molar-refractivity contribution in [3.63, 3.8) is 0 Å². The molecule has 1 aromatic rings. The van der Waals surface area contributed by atoms with Crippen LogP contribution in [0.1, 0.15) is 71.8 Å². The van der Waals surface area contributed by atoms with Gasteiger partial charge in [-0.2, -0.15) is 0 Å². The highest BCUT2D eigenvalue weighted by Crippen LogP contribution is 2.30. The monoisotopic (exact) mass is 368 g/mol. The molecule has 0 radical (unpaired) electrons. The Balaban J connectivity index is 2.29. The molecule has 1 rings (SSSR count). The van der Waals surface area contributed by atoms with Crippen molar-refractivity contribution in [2.45, 2.75) is 83.2 Å². The van der Waals surface area contributed by atoms with Crippen LogP contribution in [0.2, 0.25) is 0 Å². The maximum absolute atomic E-state index is 12.1. The van der Waals surface area contributed by atoms with E-state index in [4.69, 9.17) is 0 Å². The van der Waals surface area contributed by atoms with Crippen molar-refractivity contribution >= 4 is 27.5 Å². The topological polar surface area (TPSA) is 42.0 Å². The van der Waals surface area contributed by atoms with Crippen molar-refractivity contribution in [1.29, 1.82) is 0 Å². The van der Waals surface area contributed by atoms with Crippen molar-refractivity contribution < 1.29 is 4.79 Å². The van der Waals surface area contributed by atoms with Crippen LogP contribution in [-0.2, 0) is 11.2 Å². The molecule has 3 nitrogen and oxygen atoms in total. The SMILES string of the molecule is CCCCc1ccc(SSCCC(=O)NC(CC)(CC)CC)nc1. The standard InChI is InChI=1S/C19H32N2OS2/c1-5-9-10-16-11-12-18(20-15-16)24-23-14-13-17(22)21-19(6-2,7-3)8-4/h11-12,15H,5-10,13-14H2,1-4H3,(H,21,22). The highest BCUT2D eigenvalue weighted by Gasteiger charge is 2.25. The number of pyridine rings is 1. The Morgan fingerprint density at radius 1 is 1.17 bits per heavy atom. The van der Waals surface area contributed by atoms with Gasteiger partial charge in [0.2, 0.25) is 5.91 Å². The van der Waals surface area contributed by atoms with E-state index in [0.717, 1.165) is 36.5 Å². The maximum atomic E-state index is 12.1. The molecule has 0 fully saturated rings. The Morgan fingerprint density at radius 3 is 2.42 bits per heavy atom. The molecule has 24 heavy (non-hydrogen) atoms. The summed E-state index contributed by atoms with van der Waals surface area (Å²) in [6.07, 6.45) is 9.04. The van der Waals surface area contributed by atoms with Crippen molar-refractivity contribution in [2.24, 2.45) is 0 Å². The summed E-state index contributed by atoms with van der Waals surface area (Å²) in [4.78, 5) is 16.6. The van der Waals surface area contributed by atoms with Crippen molar-refractivity contribution in [2.75, 3.05) is 5.75 Å². The van der Waals surface area contributed by atoms with Gasteiger partial charge < -0.3 is 5.32 Å². The van der Waals surface area contributed by atoms with Crippen LogP contribution in [0.15, 0.2) is 23.4 Å². The number of hydrogen-bond donors (Lipinski definition) is 1. The zero-order valence-corrected chi connectivity index (χ0v) is 17.2. The number of nitrogens with one attached hydrogen (secondary N) is 1. The van der Waals surface area contributed by atoms with E-state index in [2.05, 4.69) is 50.1 Å². The van der Waals surface area contributed by atoms with Gasteiger partial charge in [-0.1, -0.05) is 51.0 Å². The summed E-state index contributed by atoms with van der Waals surface area (Å²) in [5.41, 5.74) is 1.28. The fraction of sp³-hybridized carbons (Fsp3) is 0.684. The normalized spacial score (nSPS) is 11.5. The minimum atomic E-state index is -0.0230. The number of rotatable bonds is 12. The second-order valence-electron chi connectivity index (χ2n) is 6.15. The average molecular weight is 369 g/mol. The zero-order valence-electron chi connectivity index (χ0n) is 15.6. The third-order valence-corrected chi connectivity index (χ3v) is 6.88. The highest BCUT2D eigenvalue weighted by molar-refractivity contribution is 8.76. The second kappa shape index (κ2) is 11.8. The van der Waals surface area contributed by atoms with Gasteiger partial charge in [-0.15, -0.1) is 0 Å². The van der Waals surface area contributed by atoms with E-state index in [1.54, 1.807) is 21.6 Å². The lowest BCUT2D eigenvalue weighted by Crippen LogP contribution is -2.47. The fourth-order valence-corrected chi connectivity index (χ4v) is 4.45. The molecule has 0 aromatic carbocycles. The third kappa shape index (κ3) is 7.47. The lowest BCUT2D eigenvalue weighted by Gasteiger charge is -2.31. The molecule has 0 bridgehead atoms. The van der Waals surface area contributed by atoms with Gasteiger partial charge in [0.1, 0.15) is 5.03 Å². The number of amides is 1. The summed E-state index contributed by atoms with van der Waals surface area (Å²) in [5, 5.41) is 4.25. The molecular weight excluding hydrogens is 336 g/mol. The van der Waals surface area contributed by atoms with Crippen molar-refractivity contribution in [1.82, 2.24) is 10.3 Å². The summed E-state index contributed by atoms with van der Waals surface area (Å²) >= 11 is 0. The van der Waals surface area contributed by atoms with E-state index < -0.39 is 0 Å². The van der Waals surface area contributed by atoms with Crippen LogP contribution in [-0.4, -0.2) is 22.2 Å². The minimum absolute atomic E-state index is 0.0230. The molecule has 1 N–H and O–H groups in total. The molecule has 0 saturated carbocycles. The molecule has 1 aromatic heterocycles. The Kier molecular flexibility index (Phi) is 10.5. The lowest BCUT2D eigenvalue weighted by atomic mass is 9.90. The first-order chi connectivity index (χ1) is 11.6. The van der Waals surface area contributed by atoms with Gasteiger partial charge in [-0.25, -0.2) is 4.98 Å². The molecule has 136 valence electrons. The Hall–Kier alpha value is -0.680. The summed E-state index contributed by atoms with van der Waals surface area (Å²) in [6, 6.07) is 4.25. The van der Waals surface area contributed by atoms with Crippen molar-refractivity contribution in [3.05, 3.63) is 23.9 Å². The first kappa shape index (κ1) is 21.4. The van der Waals surface area contributed by atoms with E-state index in [0.29, 0.717) is 6.42 Å².